The van der Waals surface area contributed by atoms with Crippen molar-refractivity contribution in [1.29, 1.82) is 0 Å². The van der Waals surface area contributed by atoms with Crippen LogP contribution in [-0.4, -0.2) is 62.5 Å². The van der Waals surface area contributed by atoms with Gasteiger partial charge in [0.15, 0.2) is 9.84 Å². The first-order chi connectivity index (χ1) is 14.4. The van der Waals surface area contributed by atoms with Crippen LogP contribution in [0.4, 0.5) is 5.69 Å². The summed E-state index contributed by atoms with van der Waals surface area (Å²) < 4.78 is 30.4. The van der Waals surface area contributed by atoms with E-state index in [1.807, 2.05) is 60.4 Å². The lowest BCUT2D eigenvalue weighted by atomic mass is 10.0. The van der Waals surface area contributed by atoms with Crippen molar-refractivity contribution >= 4 is 33.0 Å². The van der Waals surface area contributed by atoms with Crippen LogP contribution < -0.4 is 9.64 Å². The third-order valence-corrected chi connectivity index (χ3v) is 7.68. The highest BCUT2D eigenvalue weighted by Gasteiger charge is 2.49. The van der Waals surface area contributed by atoms with Crippen molar-refractivity contribution in [2.75, 3.05) is 36.1 Å². The minimum atomic E-state index is -3.21. The van der Waals surface area contributed by atoms with Crippen LogP contribution in [-0.2, 0) is 21.1 Å². The number of nitrogens with zero attached hydrogens (tertiary/aromatic N) is 2. The molecule has 0 aliphatic carbocycles. The van der Waals surface area contributed by atoms with Gasteiger partial charge in [-0.15, -0.1) is 0 Å². The molecule has 2 atom stereocenters. The van der Waals surface area contributed by atoms with Crippen LogP contribution in [0.2, 0.25) is 5.02 Å². The van der Waals surface area contributed by atoms with Crippen LogP contribution >= 0.6 is 11.6 Å². The lowest BCUT2D eigenvalue weighted by Crippen LogP contribution is -2.62. The van der Waals surface area contributed by atoms with Gasteiger partial charge >= 0.3 is 0 Å². The summed E-state index contributed by atoms with van der Waals surface area (Å²) in [5.74, 6) is 0.729. The molecule has 2 fully saturated rings. The van der Waals surface area contributed by atoms with Gasteiger partial charge in [0.05, 0.1) is 30.7 Å². The average molecular weight is 449 g/mol. The van der Waals surface area contributed by atoms with Crippen molar-refractivity contribution in [2.24, 2.45) is 0 Å². The van der Waals surface area contributed by atoms with Gasteiger partial charge in [0.2, 0.25) is 5.91 Å². The fraction of sp³-hybridized carbons (Fsp3) is 0.409. The number of hydrogen-bond donors (Lipinski definition) is 0. The van der Waals surface area contributed by atoms with Crippen molar-refractivity contribution in [3.05, 3.63) is 59.1 Å². The topological polar surface area (TPSA) is 66.9 Å². The zero-order valence-corrected chi connectivity index (χ0v) is 18.4. The zero-order valence-electron chi connectivity index (χ0n) is 16.8. The van der Waals surface area contributed by atoms with Gasteiger partial charge in [-0.1, -0.05) is 23.7 Å². The number of piperazine rings is 1. The molecule has 2 saturated heterocycles. The molecule has 0 spiro atoms. The maximum atomic E-state index is 13.1. The fourth-order valence-corrected chi connectivity index (χ4v) is 6.44. The Morgan fingerprint density at radius 2 is 1.70 bits per heavy atom. The van der Waals surface area contributed by atoms with Crippen LogP contribution in [0, 0.1) is 0 Å². The summed E-state index contributed by atoms with van der Waals surface area (Å²) in [6.45, 7) is 3.31. The van der Waals surface area contributed by atoms with Gasteiger partial charge in [-0.2, -0.15) is 0 Å². The quantitative estimate of drug-likeness (QED) is 0.679. The lowest BCUT2D eigenvalue weighted by molar-refractivity contribution is -0.123. The minimum absolute atomic E-state index is 0.00589. The predicted molar refractivity (Wildman–Crippen MR) is 118 cm³/mol. The molecule has 0 aromatic heterocycles. The van der Waals surface area contributed by atoms with Crippen LogP contribution in [0.3, 0.4) is 0 Å². The maximum Gasteiger partial charge on any atom is 0.241 e. The molecule has 2 aliphatic heterocycles. The van der Waals surface area contributed by atoms with E-state index in [2.05, 4.69) is 0 Å². The first-order valence-electron chi connectivity index (χ1n) is 10.1. The monoisotopic (exact) mass is 448 g/mol. The fourth-order valence-electron chi connectivity index (χ4n) is 4.33. The van der Waals surface area contributed by atoms with Gasteiger partial charge in [-0.3, -0.25) is 9.69 Å². The minimum Gasteiger partial charge on any atom is -0.494 e. The summed E-state index contributed by atoms with van der Waals surface area (Å²) in [6.07, 6.45) is 0.733. The van der Waals surface area contributed by atoms with Gasteiger partial charge in [-0.05, 0) is 55.3 Å². The molecule has 4 rings (SSSR count). The van der Waals surface area contributed by atoms with Crippen LogP contribution in [0.1, 0.15) is 12.5 Å². The Kier molecular flexibility index (Phi) is 6.04. The van der Waals surface area contributed by atoms with Crippen molar-refractivity contribution in [3.8, 4) is 5.75 Å². The molecule has 1 amide bonds. The number of ether oxygens (including phenoxy) is 1. The molecule has 2 aromatic carbocycles. The summed E-state index contributed by atoms with van der Waals surface area (Å²) in [7, 11) is -3.21. The van der Waals surface area contributed by atoms with E-state index in [9.17, 15) is 13.2 Å². The van der Waals surface area contributed by atoms with E-state index in [0.29, 0.717) is 23.9 Å². The molecule has 160 valence electrons. The predicted octanol–water partition coefficient (Wildman–Crippen LogP) is 2.80. The smallest absolute Gasteiger partial charge is 0.241 e. The molecule has 30 heavy (non-hydrogen) atoms. The number of sulfone groups is 1. The summed E-state index contributed by atoms with van der Waals surface area (Å²) in [6, 6.07) is 14.3. The van der Waals surface area contributed by atoms with Gasteiger partial charge in [0.1, 0.15) is 5.75 Å². The summed E-state index contributed by atoms with van der Waals surface area (Å²) in [5.41, 5.74) is 1.83. The van der Waals surface area contributed by atoms with E-state index in [4.69, 9.17) is 16.3 Å². The third-order valence-electron chi connectivity index (χ3n) is 5.73. The molecule has 2 aromatic rings. The van der Waals surface area contributed by atoms with Crippen molar-refractivity contribution in [1.82, 2.24) is 4.90 Å². The van der Waals surface area contributed by atoms with Gasteiger partial charge in [-0.25, -0.2) is 8.42 Å². The van der Waals surface area contributed by atoms with Crippen LogP contribution in [0.5, 0.6) is 5.75 Å². The second kappa shape index (κ2) is 8.57. The number of rotatable bonds is 6. The largest absolute Gasteiger partial charge is 0.494 e. The number of fused-ring (bicyclic) bond motifs is 1. The van der Waals surface area contributed by atoms with E-state index < -0.39 is 9.84 Å². The molecule has 0 saturated carbocycles. The van der Waals surface area contributed by atoms with E-state index in [1.54, 1.807) is 4.90 Å². The Morgan fingerprint density at radius 3 is 2.37 bits per heavy atom. The lowest BCUT2D eigenvalue weighted by Gasteiger charge is -2.43. The maximum absolute atomic E-state index is 13.1. The molecular weight excluding hydrogens is 424 g/mol. The van der Waals surface area contributed by atoms with E-state index >= 15 is 0 Å². The number of benzene rings is 2. The van der Waals surface area contributed by atoms with Crippen LogP contribution in [0.15, 0.2) is 48.5 Å². The van der Waals surface area contributed by atoms with Crippen molar-refractivity contribution in [2.45, 2.75) is 25.4 Å². The SMILES string of the molecule is CCOc1ccc(N2C(=O)CN(CCc3ccc(Cl)cc3)[C@H]3CS(=O)(=O)C[C@H]32)cc1. The molecule has 0 radical (unpaired) electrons. The number of carbonyl (C=O) groups excluding carboxylic acids is 1. The molecule has 0 bridgehead atoms. The highest BCUT2D eigenvalue weighted by atomic mass is 35.5. The Hall–Kier alpha value is -2.09. The first kappa shape index (κ1) is 21.2. The van der Waals surface area contributed by atoms with Gasteiger partial charge < -0.3 is 9.64 Å². The summed E-state index contributed by atoms with van der Waals surface area (Å²) >= 11 is 5.95. The van der Waals surface area contributed by atoms with E-state index in [1.165, 1.54) is 0 Å². The Morgan fingerprint density at radius 1 is 1.03 bits per heavy atom. The Balaban J connectivity index is 1.55. The van der Waals surface area contributed by atoms with E-state index in [-0.39, 0.29) is 36.0 Å². The van der Waals surface area contributed by atoms with Crippen LogP contribution in [0.25, 0.3) is 0 Å². The summed E-state index contributed by atoms with van der Waals surface area (Å²) in [5, 5.41) is 0.680. The molecule has 2 heterocycles. The molecule has 0 N–H and O–H groups in total. The number of carbonyl (C=O) groups is 1. The zero-order chi connectivity index (χ0) is 21.3. The average Bonchev–Trinajstić information content (AvgIpc) is 3.03. The highest BCUT2D eigenvalue weighted by molar-refractivity contribution is 7.91. The third kappa shape index (κ3) is 4.48. The molecule has 8 heteroatoms. The van der Waals surface area contributed by atoms with Gasteiger partial charge in [0.25, 0.3) is 0 Å². The highest BCUT2D eigenvalue weighted by Crippen LogP contribution is 2.32. The molecular formula is C22H25ClN2O4S. The summed E-state index contributed by atoms with van der Waals surface area (Å²) in [4.78, 5) is 16.8. The number of amides is 1. The molecule has 0 unspecified atom stereocenters. The van der Waals surface area contributed by atoms with Gasteiger partial charge in [0, 0.05) is 23.3 Å². The standard InChI is InChI=1S/C22H25ClN2O4S/c1-2-29-19-9-7-18(8-10-19)25-21-15-30(27,28)14-20(21)24(13-22(25)26)12-11-16-3-5-17(23)6-4-16/h3-10,20-21H,2,11-15H2,1H3/t20-,21+/m0/s1. The molecule has 2 aliphatic rings. The Bertz CT molecular complexity index is 1010. The Labute approximate surface area is 182 Å². The normalized spacial score (nSPS) is 23.4. The van der Waals surface area contributed by atoms with Crippen molar-refractivity contribution < 1.29 is 17.9 Å². The van der Waals surface area contributed by atoms with E-state index in [0.717, 1.165) is 17.7 Å². The first-order valence-corrected chi connectivity index (χ1v) is 12.3. The second-order valence-electron chi connectivity index (χ2n) is 7.75. The number of halogens is 1. The number of anilines is 1. The van der Waals surface area contributed by atoms with Crippen molar-refractivity contribution in [3.63, 3.8) is 0 Å². The number of hydrogen-bond acceptors (Lipinski definition) is 5. The molecule has 6 nitrogen and oxygen atoms in total. The second-order valence-corrected chi connectivity index (χ2v) is 10.3.